The van der Waals surface area contributed by atoms with E-state index in [4.69, 9.17) is 9.72 Å². The highest BCUT2D eigenvalue weighted by Crippen LogP contribution is 2.34. The first-order valence-corrected chi connectivity index (χ1v) is 11.4. The van der Waals surface area contributed by atoms with Crippen molar-refractivity contribution in [2.24, 2.45) is 0 Å². The summed E-state index contributed by atoms with van der Waals surface area (Å²) in [5.74, 6) is 1.08. The summed E-state index contributed by atoms with van der Waals surface area (Å²) in [7, 11) is 1.54. The SMILES string of the molecule is COc1cc(NC(=O)c2ccc3c(=O)n4c(nc3c2)CCCCC4)ccc1N1CCCC1=O. The van der Waals surface area contributed by atoms with Crippen molar-refractivity contribution in [2.45, 2.75) is 45.1 Å². The van der Waals surface area contributed by atoms with Crippen molar-refractivity contribution in [3.8, 4) is 5.75 Å². The van der Waals surface area contributed by atoms with Crippen LogP contribution in [0.4, 0.5) is 11.4 Å². The maximum absolute atomic E-state index is 13.0. The third-order valence-electron chi connectivity index (χ3n) is 6.38. The Morgan fingerprint density at radius 2 is 1.88 bits per heavy atom. The minimum absolute atomic E-state index is 0.0411. The van der Waals surface area contributed by atoms with Crippen molar-refractivity contribution in [3.63, 3.8) is 0 Å². The van der Waals surface area contributed by atoms with Crippen molar-refractivity contribution in [3.05, 3.63) is 58.1 Å². The average molecular weight is 447 g/mol. The molecule has 2 amide bonds. The molecule has 0 radical (unpaired) electrons. The van der Waals surface area contributed by atoms with Crippen LogP contribution in [-0.4, -0.2) is 35.0 Å². The van der Waals surface area contributed by atoms with Gasteiger partial charge in [0.25, 0.3) is 11.5 Å². The number of aromatic nitrogens is 2. The van der Waals surface area contributed by atoms with Gasteiger partial charge in [0.05, 0.1) is 23.7 Å². The van der Waals surface area contributed by atoms with E-state index in [2.05, 4.69) is 5.32 Å². The minimum atomic E-state index is -0.305. The smallest absolute Gasteiger partial charge is 0.261 e. The summed E-state index contributed by atoms with van der Waals surface area (Å²) >= 11 is 0. The van der Waals surface area contributed by atoms with Gasteiger partial charge >= 0.3 is 0 Å². The molecule has 0 saturated carbocycles. The predicted molar refractivity (Wildman–Crippen MR) is 126 cm³/mol. The Morgan fingerprint density at radius 3 is 2.67 bits per heavy atom. The molecule has 0 unspecified atom stereocenters. The van der Waals surface area contributed by atoms with Gasteiger partial charge in [0.2, 0.25) is 5.91 Å². The Labute approximate surface area is 191 Å². The molecule has 0 aliphatic carbocycles. The minimum Gasteiger partial charge on any atom is -0.494 e. The summed E-state index contributed by atoms with van der Waals surface area (Å²) in [6.45, 7) is 1.36. The number of hydrogen-bond donors (Lipinski definition) is 1. The molecule has 0 bridgehead atoms. The first-order valence-electron chi connectivity index (χ1n) is 11.4. The molecule has 3 heterocycles. The molecule has 1 fully saturated rings. The summed E-state index contributed by atoms with van der Waals surface area (Å²) in [5.41, 5.74) is 2.18. The summed E-state index contributed by atoms with van der Waals surface area (Å²) < 4.78 is 7.25. The lowest BCUT2D eigenvalue weighted by atomic mass is 10.1. The van der Waals surface area contributed by atoms with Crippen LogP contribution in [0.15, 0.2) is 41.2 Å². The summed E-state index contributed by atoms with van der Waals surface area (Å²) in [4.78, 5) is 44.4. The Hall–Kier alpha value is -3.68. The highest BCUT2D eigenvalue weighted by Gasteiger charge is 2.24. The molecule has 1 saturated heterocycles. The van der Waals surface area contributed by atoms with Crippen LogP contribution in [0.25, 0.3) is 10.9 Å². The van der Waals surface area contributed by atoms with Gasteiger partial charge in [-0.1, -0.05) is 6.42 Å². The average Bonchev–Trinajstić information content (AvgIpc) is 3.10. The molecule has 0 spiro atoms. The molecule has 0 atom stereocenters. The summed E-state index contributed by atoms with van der Waals surface area (Å²) in [6, 6.07) is 10.3. The van der Waals surface area contributed by atoms with Gasteiger partial charge in [-0.15, -0.1) is 0 Å². The number of fused-ring (bicyclic) bond motifs is 2. The Morgan fingerprint density at radius 1 is 1.00 bits per heavy atom. The van der Waals surface area contributed by atoms with Crippen LogP contribution in [0.2, 0.25) is 0 Å². The van der Waals surface area contributed by atoms with Crippen molar-refractivity contribution >= 4 is 34.1 Å². The van der Waals surface area contributed by atoms with E-state index in [1.54, 1.807) is 53.0 Å². The molecule has 2 aliphatic heterocycles. The Balaban J connectivity index is 1.42. The van der Waals surface area contributed by atoms with E-state index < -0.39 is 0 Å². The molecule has 1 aromatic heterocycles. The van der Waals surface area contributed by atoms with E-state index in [0.29, 0.717) is 53.1 Å². The van der Waals surface area contributed by atoms with Crippen LogP contribution in [0.3, 0.4) is 0 Å². The van der Waals surface area contributed by atoms with Crippen molar-refractivity contribution in [1.29, 1.82) is 0 Å². The zero-order valence-electron chi connectivity index (χ0n) is 18.6. The Kier molecular flexibility index (Phi) is 5.58. The third-order valence-corrected chi connectivity index (χ3v) is 6.38. The fourth-order valence-electron chi connectivity index (χ4n) is 4.64. The molecule has 8 heteroatoms. The first kappa shape index (κ1) is 21.2. The highest BCUT2D eigenvalue weighted by molar-refractivity contribution is 6.06. The van der Waals surface area contributed by atoms with E-state index in [1.165, 1.54) is 0 Å². The van der Waals surface area contributed by atoms with Gasteiger partial charge in [0, 0.05) is 43.2 Å². The fourth-order valence-corrected chi connectivity index (χ4v) is 4.64. The van der Waals surface area contributed by atoms with E-state index in [1.807, 2.05) is 0 Å². The molecule has 5 rings (SSSR count). The van der Waals surface area contributed by atoms with Gasteiger partial charge < -0.3 is 15.0 Å². The van der Waals surface area contributed by atoms with Gasteiger partial charge in [-0.25, -0.2) is 4.98 Å². The molecule has 1 N–H and O–H groups in total. The summed E-state index contributed by atoms with van der Waals surface area (Å²) in [5, 5.41) is 3.41. The van der Waals surface area contributed by atoms with Crippen LogP contribution in [0, 0.1) is 0 Å². The van der Waals surface area contributed by atoms with Gasteiger partial charge in [-0.3, -0.25) is 19.0 Å². The number of rotatable bonds is 4. The number of amides is 2. The van der Waals surface area contributed by atoms with Gasteiger partial charge in [-0.2, -0.15) is 0 Å². The van der Waals surface area contributed by atoms with Crippen LogP contribution >= 0.6 is 0 Å². The fraction of sp³-hybridized carbons (Fsp3) is 0.360. The number of aryl methyl sites for hydroxylation is 1. The van der Waals surface area contributed by atoms with Gasteiger partial charge in [-0.05, 0) is 49.6 Å². The number of hydrogen-bond acceptors (Lipinski definition) is 5. The van der Waals surface area contributed by atoms with E-state index in [9.17, 15) is 14.4 Å². The second-order valence-corrected chi connectivity index (χ2v) is 8.52. The van der Waals surface area contributed by atoms with Crippen molar-refractivity contribution < 1.29 is 14.3 Å². The maximum Gasteiger partial charge on any atom is 0.261 e. The zero-order valence-corrected chi connectivity index (χ0v) is 18.6. The highest BCUT2D eigenvalue weighted by atomic mass is 16.5. The lowest BCUT2D eigenvalue weighted by Gasteiger charge is -2.19. The molecule has 8 nitrogen and oxygen atoms in total. The third kappa shape index (κ3) is 3.97. The lowest BCUT2D eigenvalue weighted by molar-refractivity contribution is -0.117. The van der Waals surface area contributed by atoms with E-state index in [0.717, 1.165) is 37.9 Å². The molecule has 170 valence electrons. The second kappa shape index (κ2) is 8.69. The number of methoxy groups -OCH3 is 1. The molecule has 2 aliphatic rings. The molecule has 3 aromatic rings. The number of nitrogens with zero attached hydrogens (tertiary/aromatic N) is 3. The summed E-state index contributed by atoms with van der Waals surface area (Å²) in [6.07, 6.45) is 5.20. The predicted octanol–water partition coefficient (Wildman–Crippen LogP) is 3.51. The second-order valence-electron chi connectivity index (χ2n) is 8.52. The first-order chi connectivity index (χ1) is 16.0. The zero-order chi connectivity index (χ0) is 22.9. The molecular weight excluding hydrogens is 420 g/mol. The van der Waals surface area contributed by atoms with Crippen molar-refractivity contribution in [2.75, 3.05) is 23.9 Å². The quantitative estimate of drug-likeness (QED) is 0.662. The van der Waals surface area contributed by atoms with Gasteiger partial charge in [0.15, 0.2) is 0 Å². The molecular formula is C25H26N4O4. The number of anilines is 2. The van der Waals surface area contributed by atoms with Crippen molar-refractivity contribution in [1.82, 2.24) is 9.55 Å². The number of nitrogens with one attached hydrogen (secondary N) is 1. The number of benzene rings is 2. The maximum atomic E-state index is 13.0. The number of carbonyl (C=O) groups excluding carboxylic acids is 2. The topological polar surface area (TPSA) is 93.5 Å². The lowest BCUT2D eigenvalue weighted by Crippen LogP contribution is -2.25. The molecule has 2 aromatic carbocycles. The van der Waals surface area contributed by atoms with Crippen LogP contribution in [-0.2, 0) is 17.8 Å². The molecule has 33 heavy (non-hydrogen) atoms. The number of carbonyl (C=O) groups is 2. The largest absolute Gasteiger partial charge is 0.494 e. The standard InChI is InChI=1S/C25H26N4O4/c1-33-21-15-17(9-11-20(21)28-13-5-7-23(28)30)26-24(31)16-8-10-18-19(14-16)27-22-6-3-2-4-12-29(22)25(18)32/h8-11,14-15H,2-7,12-13H2,1H3,(H,26,31). The van der Waals surface area contributed by atoms with Crippen LogP contribution in [0.5, 0.6) is 5.75 Å². The van der Waals surface area contributed by atoms with E-state index in [-0.39, 0.29) is 17.4 Å². The number of ether oxygens (including phenoxy) is 1. The normalized spacial score (nSPS) is 15.9. The van der Waals surface area contributed by atoms with E-state index >= 15 is 0 Å². The van der Waals surface area contributed by atoms with Crippen LogP contribution in [0.1, 0.15) is 48.3 Å². The van der Waals surface area contributed by atoms with Gasteiger partial charge in [0.1, 0.15) is 11.6 Å². The monoisotopic (exact) mass is 446 g/mol. The van der Waals surface area contributed by atoms with Crippen LogP contribution < -0.4 is 20.5 Å². The Bertz CT molecular complexity index is 1310.